The van der Waals surface area contributed by atoms with Gasteiger partial charge in [0.1, 0.15) is 11.6 Å². The average molecular weight is 403 g/mol. The van der Waals surface area contributed by atoms with Crippen LogP contribution in [0.5, 0.6) is 5.88 Å². The lowest BCUT2D eigenvalue weighted by molar-refractivity contribution is 0.158. The van der Waals surface area contributed by atoms with E-state index in [0.717, 1.165) is 41.2 Å². The Morgan fingerprint density at radius 3 is 2.07 bits per heavy atom. The predicted octanol–water partition coefficient (Wildman–Crippen LogP) is 4.37. The van der Waals surface area contributed by atoms with Crippen LogP contribution in [0.25, 0.3) is 0 Å². The minimum Gasteiger partial charge on any atom is -0.474 e. The highest BCUT2D eigenvalue weighted by Crippen LogP contribution is 2.38. The number of aryl methyl sites for hydroxylation is 1. The van der Waals surface area contributed by atoms with Gasteiger partial charge in [-0.15, -0.1) is 0 Å². The van der Waals surface area contributed by atoms with Gasteiger partial charge < -0.3 is 30.7 Å². The van der Waals surface area contributed by atoms with E-state index in [9.17, 15) is 0 Å². The van der Waals surface area contributed by atoms with Gasteiger partial charge in [0, 0.05) is 33.9 Å². The van der Waals surface area contributed by atoms with Gasteiger partial charge in [0.05, 0.1) is 35.3 Å². The minimum absolute atomic E-state index is 0.100. The van der Waals surface area contributed by atoms with Crippen LogP contribution >= 0.6 is 0 Å². The van der Waals surface area contributed by atoms with E-state index in [1.807, 2.05) is 40.2 Å². The summed E-state index contributed by atoms with van der Waals surface area (Å²) >= 11 is 0. The van der Waals surface area contributed by atoms with E-state index >= 15 is 0 Å². The van der Waals surface area contributed by atoms with Crippen molar-refractivity contribution in [3.05, 3.63) is 23.5 Å². The zero-order chi connectivity index (χ0) is 21.4. The van der Waals surface area contributed by atoms with Crippen molar-refractivity contribution in [1.29, 1.82) is 0 Å². The molecule has 0 saturated heterocycles. The van der Waals surface area contributed by atoms with E-state index in [1.165, 1.54) is 0 Å². The topological polar surface area (TPSA) is 92.4 Å². The van der Waals surface area contributed by atoms with Crippen LogP contribution in [0.1, 0.15) is 38.1 Å². The second kappa shape index (κ2) is 10.7. The fourth-order valence-corrected chi connectivity index (χ4v) is 3.09. The molecule has 8 nitrogen and oxygen atoms in total. The highest BCUT2D eigenvalue weighted by molar-refractivity contribution is 5.89. The number of hydrogen-bond donors (Lipinski definition) is 4. The quantitative estimate of drug-likeness (QED) is 0.440. The highest BCUT2D eigenvalue weighted by atomic mass is 16.5. The number of benzene rings is 1. The maximum atomic E-state index is 6.19. The summed E-state index contributed by atoms with van der Waals surface area (Å²) in [6.07, 6.45) is 1.92. The summed E-state index contributed by atoms with van der Waals surface area (Å²) in [6.45, 7) is 6.43. The Morgan fingerprint density at radius 2 is 1.59 bits per heavy atom. The molecule has 160 valence electrons. The molecule has 4 N–H and O–H groups in total. The van der Waals surface area contributed by atoms with Gasteiger partial charge in [-0.3, -0.25) is 0 Å². The van der Waals surface area contributed by atoms with Crippen molar-refractivity contribution in [1.82, 2.24) is 9.97 Å². The average Bonchev–Trinajstić information content (AvgIpc) is 2.73. The standard InChI is InChI=1S/C21H34N6O2/c1-8-15(9-2)29-21-16(12-28-7)20(25-13(3)26-21)27-19-17(23-5)10-14(22-4)11-18(19)24-6/h10-11,15,22-24H,8-9,12H2,1-7H3,(H,25,26,27). The molecule has 0 fully saturated rings. The summed E-state index contributed by atoms with van der Waals surface area (Å²) < 4.78 is 11.6. The molecular weight excluding hydrogens is 368 g/mol. The Labute approximate surface area is 173 Å². The summed E-state index contributed by atoms with van der Waals surface area (Å²) in [5, 5.41) is 13.1. The first kappa shape index (κ1) is 22.5. The molecule has 0 radical (unpaired) electrons. The zero-order valence-electron chi connectivity index (χ0n) is 18.6. The predicted molar refractivity (Wildman–Crippen MR) is 121 cm³/mol. The third kappa shape index (κ3) is 5.41. The lowest BCUT2D eigenvalue weighted by atomic mass is 10.1. The first-order valence-electron chi connectivity index (χ1n) is 10.0. The third-order valence-corrected chi connectivity index (χ3v) is 4.77. The van der Waals surface area contributed by atoms with E-state index < -0.39 is 0 Å². The van der Waals surface area contributed by atoms with Crippen LogP contribution in [-0.4, -0.2) is 44.3 Å². The van der Waals surface area contributed by atoms with E-state index in [1.54, 1.807) is 7.11 Å². The van der Waals surface area contributed by atoms with Crippen LogP contribution in [0, 0.1) is 6.92 Å². The van der Waals surface area contributed by atoms with Crippen molar-refractivity contribution in [2.45, 2.75) is 46.3 Å². The van der Waals surface area contributed by atoms with Crippen LogP contribution in [-0.2, 0) is 11.3 Å². The summed E-state index contributed by atoms with van der Waals surface area (Å²) in [5.74, 6) is 1.88. The van der Waals surface area contributed by atoms with Gasteiger partial charge in [0.25, 0.3) is 0 Å². The van der Waals surface area contributed by atoms with Gasteiger partial charge in [0.2, 0.25) is 5.88 Å². The molecule has 0 aliphatic heterocycles. The Hall–Kier alpha value is -2.74. The van der Waals surface area contributed by atoms with Gasteiger partial charge in [-0.25, -0.2) is 4.98 Å². The molecule has 1 aromatic heterocycles. The highest BCUT2D eigenvalue weighted by Gasteiger charge is 2.20. The molecule has 0 spiro atoms. The lowest BCUT2D eigenvalue weighted by Gasteiger charge is -2.22. The van der Waals surface area contributed by atoms with Crippen LogP contribution < -0.4 is 26.0 Å². The minimum atomic E-state index is 0.100. The van der Waals surface area contributed by atoms with Crippen molar-refractivity contribution >= 4 is 28.6 Å². The molecule has 0 bridgehead atoms. The molecule has 0 aliphatic rings. The molecule has 2 aromatic rings. The molecule has 8 heteroatoms. The number of rotatable bonds is 11. The monoisotopic (exact) mass is 402 g/mol. The Bertz CT molecular complexity index is 783. The normalized spacial score (nSPS) is 10.8. The SMILES string of the molecule is CCC(CC)Oc1nc(C)nc(Nc2c(NC)cc(NC)cc2NC)c1COC. The van der Waals surface area contributed by atoms with Gasteiger partial charge in [-0.2, -0.15) is 4.98 Å². The van der Waals surface area contributed by atoms with Crippen LogP contribution in [0.15, 0.2) is 12.1 Å². The van der Waals surface area contributed by atoms with Gasteiger partial charge in [0.15, 0.2) is 0 Å². The van der Waals surface area contributed by atoms with Crippen LogP contribution in [0.4, 0.5) is 28.6 Å². The third-order valence-electron chi connectivity index (χ3n) is 4.77. The van der Waals surface area contributed by atoms with Gasteiger partial charge in [-0.05, 0) is 31.9 Å². The molecule has 1 aromatic carbocycles. The van der Waals surface area contributed by atoms with Crippen molar-refractivity contribution in [2.75, 3.05) is 49.5 Å². The van der Waals surface area contributed by atoms with Crippen molar-refractivity contribution in [2.24, 2.45) is 0 Å². The maximum absolute atomic E-state index is 6.19. The van der Waals surface area contributed by atoms with Crippen LogP contribution in [0.2, 0.25) is 0 Å². The largest absolute Gasteiger partial charge is 0.474 e. The smallest absolute Gasteiger partial charge is 0.224 e. The lowest BCUT2D eigenvalue weighted by Crippen LogP contribution is -2.18. The summed E-state index contributed by atoms with van der Waals surface area (Å²) in [6, 6.07) is 4.07. The number of methoxy groups -OCH3 is 1. The number of hydrogen-bond acceptors (Lipinski definition) is 8. The Kier molecular flexibility index (Phi) is 8.33. The van der Waals surface area contributed by atoms with Crippen molar-refractivity contribution < 1.29 is 9.47 Å². The molecule has 29 heavy (non-hydrogen) atoms. The first-order valence-corrected chi connectivity index (χ1v) is 10.0. The molecule has 0 atom stereocenters. The Morgan fingerprint density at radius 1 is 0.966 bits per heavy atom. The second-order valence-electron chi connectivity index (χ2n) is 6.71. The second-order valence-corrected chi connectivity index (χ2v) is 6.71. The summed E-state index contributed by atoms with van der Waals surface area (Å²) in [7, 11) is 7.34. The fraction of sp³-hybridized carbons (Fsp3) is 0.524. The number of anilines is 5. The van der Waals surface area contributed by atoms with E-state index in [-0.39, 0.29) is 6.10 Å². The summed E-state index contributed by atoms with van der Waals surface area (Å²) in [4.78, 5) is 9.19. The van der Waals surface area contributed by atoms with Gasteiger partial charge >= 0.3 is 0 Å². The number of aromatic nitrogens is 2. The van der Waals surface area contributed by atoms with E-state index in [0.29, 0.717) is 24.1 Å². The van der Waals surface area contributed by atoms with Crippen molar-refractivity contribution in [3.63, 3.8) is 0 Å². The number of nitrogens with one attached hydrogen (secondary N) is 4. The van der Waals surface area contributed by atoms with Crippen molar-refractivity contribution in [3.8, 4) is 5.88 Å². The molecule has 1 heterocycles. The number of nitrogens with zero attached hydrogens (tertiary/aromatic N) is 2. The molecule has 0 aliphatic carbocycles. The fourth-order valence-electron chi connectivity index (χ4n) is 3.09. The molecule has 0 unspecified atom stereocenters. The van der Waals surface area contributed by atoms with Gasteiger partial charge in [-0.1, -0.05) is 13.8 Å². The Balaban J connectivity index is 2.56. The zero-order valence-corrected chi connectivity index (χ0v) is 18.6. The van der Waals surface area contributed by atoms with E-state index in [2.05, 4.69) is 45.1 Å². The molecule has 0 saturated carbocycles. The molecular formula is C21H34N6O2. The molecule has 0 amide bonds. The number of ether oxygens (including phenoxy) is 2. The van der Waals surface area contributed by atoms with E-state index in [4.69, 9.17) is 9.47 Å². The van der Waals surface area contributed by atoms with Crippen LogP contribution in [0.3, 0.4) is 0 Å². The first-order chi connectivity index (χ1) is 14.0. The maximum Gasteiger partial charge on any atom is 0.224 e. The molecule has 2 rings (SSSR count). The summed E-state index contributed by atoms with van der Waals surface area (Å²) in [5.41, 5.74) is 4.55.